The van der Waals surface area contributed by atoms with Crippen molar-refractivity contribution in [2.45, 2.75) is 24.3 Å². The molecule has 1 heterocycles. The van der Waals surface area contributed by atoms with Crippen LogP contribution < -0.4 is 5.32 Å². The largest absolute Gasteiger partial charge is 0.395 e. The fourth-order valence-electron chi connectivity index (χ4n) is 1.19. The van der Waals surface area contributed by atoms with E-state index >= 15 is 0 Å². The number of nitrogens with one attached hydrogen (secondary N) is 1. The molecule has 0 unspecified atom stereocenters. The van der Waals surface area contributed by atoms with Crippen LogP contribution in [0.3, 0.4) is 0 Å². The van der Waals surface area contributed by atoms with Gasteiger partial charge in [0, 0.05) is 0 Å². The van der Waals surface area contributed by atoms with Crippen LogP contribution >= 0.6 is 0 Å². The Morgan fingerprint density at radius 2 is 2.00 bits per heavy atom. The first kappa shape index (κ1) is 8.89. The minimum Gasteiger partial charge on any atom is -0.395 e. The molecule has 5 heteroatoms. The van der Waals surface area contributed by atoms with Crippen LogP contribution in [0, 0.1) is 0 Å². The van der Waals surface area contributed by atoms with Crippen LogP contribution in [-0.4, -0.2) is 57.9 Å². The molecule has 5 nitrogen and oxygen atoms in total. The summed E-state index contributed by atoms with van der Waals surface area (Å²) >= 11 is 0. The summed E-state index contributed by atoms with van der Waals surface area (Å²) in [4.78, 5) is 0. The van der Waals surface area contributed by atoms with E-state index in [4.69, 9.17) is 15.3 Å². The second kappa shape index (κ2) is 3.46. The van der Waals surface area contributed by atoms with Crippen molar-refractivity contribution in [2.24, 2.45) is 0 Å². The fraction of sp³-hybridized carbons (Fsp3) is 1.00. The van der Waals surface area contributed by atoms with Gasteiger partial charge in [0.2, 0.25) is 0 Å². The molecule has 1 aliphatic rings. The number of hydrogen-bond donors (Lipinski definition) is 5. The zero-order chi connectivity index (χ0) is 8.43. The van der Waals surface area contributed by atoms with E-state index < -0.39 is 18.2 Å². The van der Waals surface area contributed by atoms with E-state index in [1.807, 2.05) is 0 Å². The number of aliphatic hydroxyl groups excluding tert-OH is 4. The summed E-state index contributed by atoms with van der Waals surface area (Å²) in [6.45, 7) is -0.539. The first-order chi connectivity index (χ1) is 5.20. The van der Waals surface area contributed by atoms with Crippen molar-refractivity contribution in [1.82, 2.24) is 5.32 Å². The molecule has 1 saturated heterocycles. The molecule has 0 bridgehead atoms. The van der Waals surface area contributed by atoms with Crippen molar-refractivity contribution in [2.75, 3.05) is 13.2 Å². The van der Waals surface area contributed by atoms with Crippen molar-refractivity contribution >= 4 is 0 Å². The normalized spacial score (nSPS) is 39.8. The number of rotatable bonds is 3. The molecule has 5 N–H and O–H groups in total. The van der Waals surface area contributed by atoms with Crippen LogP contribution in [-0.2, 0) is 0 Å². The lowest BCUT2D eigenvalue weighted by Crippen LogP contribution is -2.71. The third-order valence-corrected chi connectivity index (χ3v) is 1.99. The van der Waals surface area contributed by atoms with E-state index in [1.54, 1.807) is 0 Å². The van der Waals surface area contributed by atoms with Crippen molar-refractivity contribution in [3.63, 3.8) is 0 Å². The van der Waals surface area contributed by atoms with Gasteiger partial charge in [0.05, 0.1) is 37.5 Å². The Labute approximate surface area is 64.3 Å². The standard InChI is InChI=1S/C6H13NO4/c8-1-3-6(11)5(7-3)4(10)2-9/h3-11H,1-2H2/t3-,4+,5-,6-/m0/s1. The van der Waals surface area contributed by atoms with Gasteiger partial charge >= 0.3 is 0 Å². The third-order valence-electron chi connectivity index (χ3n) is 1.99. The van der Waals surface area contributed by atoms with Crippen LogP contribution in [0.2, 0.25) is 0 Å². The van der Waals surface area contributed by atoms with Gasteiger partial charge in [-0.15, -0.1) is 0 Å². The summed E-state index contributed by atoms with van der Waals surface area (Å²) in [5, 5.41) is 37.9. The molecule has 4 atom stereocenters. The monoisotopic (exact) mass is 163 g/mol. The van der Waals surface area contributed by atoms with Crippen LogP contribution in [0.1, 0.15) is 0 Å². The van der Waals surface area contributed by atoms with Gasteiger partial charge in [0.25, 0.3) is 0 Å². The second-order valence-electron chi connectivity index (χ2n) is 2.72. The molecule has 0 aromatic carbocycles. The summed E-state index contributed by atoms with van der Waals surface area (Å²) in [7, 11) is 0. The molecule has 0 spiro atoms. The topological polar surface area (TPSA) is 93.0 Å². The molecule has 1 fully saturated rings. The average Bonchev–Trinajstić information content (AvgIpc) is 2.02. The summed E-state index contributed by atoms with van der Waals surface area (Å²) < 4.78 is 0. The first-order valence-electron chi connectivity index (χ1n) is 3.54. The molecule has 0 radical (unpaired) electrons. The molecule has 0 amide bonds. The Morgan fingerprint density at radius 3 is 2.36 bits per heavy atom. The van der Waals surface area contributed by atoms with E-state index in [0.29, 0.717) is 0 Å². The predicted octanol–water partition coefficient (Wildman–Crippen LogP) is -2.97. The van der Waals surface area contributed by atoms with E-state index in [9.17, 15) is 5.11 Å². The Bertz CT molecular complexity index is 132. The van der Waals surface area contributed by atoms with Crippen LogP contribution in [0.4, 0.5) is 0 Å². The number of hydrogen-bond acceptors (Lipinski definition) is 5. The smallest absolute Gasteiger partial charge is 0.0949 e. The molecule has 66 valence electrons. The minimum atomic E-state index is -0.951. The fourth-order valence-corrected chi connectivity index (χ4v) is 1.19. The van der Waals surface area contributed by atoms with E-state index in [2.05, 4.69) is 5.32 Å². The molecule has 0 saturated carbocycles. The van der Waals surface area contributed by atoms with E-state index in [0.717, 1.165) is 0 Å². The lowest BCUT2D eigenvalue weighted by atomic mass is 9.89. The maximum Gasteiger partial charge on any atom is 0.0949 e. The highest BCUT2D eigenvalue weighted by Gasteiger charge is 2.42. The van der Waals surface area contributed by atoms with Crippen molar-refractivity contribution in [3.8, 4) is 0 Å². The molecule has 1 rings (SSSR count). The van der Waals surface area contributed by atoms with Crippen molar-refractivity contribution in [3.05, 3.63) is 0 Å². The Balaban J connectivity index is 2.32. The molecule has 0 aromatic heterocycles. The van der Waals surface area contributed by atoms with Gasteiger partial charge in [0.15, 0.2) is 0 Å². The quantitative estimate of drug-likeness (QED) is 0.306. The lowest BCUT2D eigenvalue weighted by molar-refractivity contribution is -0.0778. The van der Waals surface area contributed by atoms with Gasteiger partial charge < -0.3 is 25.7 Å². The molecule has 11 heavy (non-hydrogen) atoms. The van der Waals surface area contributed by atoms with Crippen LogP contribution in [0.25, 0.3) is 0 Å². The highest BCUT2D eigenvalue weighted by molar-refractivity contribution is 5.01. The minimum absolute atomic E-state index is 0.157. The Kier molecular flexibility index (Phi) is 2.80. The van der Waals surface area contributed by atoms with Gasteiger partial charge in [-0.25, -0.2) is 0 Å². The van der Waals surface area contributed by atoms with Gasteiger partial charge in [-0.1, -0.05) is 0 Å². The highest BCUT2D eigenvalue weighted by Crippen LogP contribution is 2.15. The van der Waals surface area contributed by atoms with Crippen molar-refractivity contribution < 1.29 is 20.4 Å². The van der Waals surface area contributed by atoms with Gasteiger partial charge in [-0.3, -0.25) is 0 Å². The summed E-state index contributed by atoms with van der Waals surface area (Å²) in [6, 6.07) is -0.863. The lowest BCUT2D eigenvalue weighted by Gasteiger charge is -2.43. The summed E-state index contributed by atoms with van der Waals surface area (Å²) in [5.74, 6) is 0. The van der Waals surface area contributed by atoms with Crippen LogP contribution in [0.5, 0.6) is 0 Å². The highest BCUT2D eigenvalue weighted by atomic mass is 16.3. The Hall–Kier alpha value is -0.200. The van der Waals surface area contributed by atoms with E-state index in [-0.39, 0.29) is 19.3 Å². The van der Waals surface area contributed by atoms with E-state index in [1.165, 1.54) is 0 Å². The molecule has 0 aromatic rings. The maximum atomic E-state index is 9.18. The SMILES string of the molecule is OC[C@@H](O)[C@@H]1N[C@@H](CO)[C@@H]1O. The third kappa shape index (κ3) is 1.52. The van der Waals surface area contributed by atoms with Gasteiger partial charge in [-0.05, 0) is 0 Å². The zero-order valence-corrected chi connectivity index (χ0v) is 6.01. The molecule has 0 aliphatic carbocycles. The number of aliphatic hydroxyl groups is 4. The first-order valence-corrected chi connectivity index (χ1v) is 3.54. The molecular weight excluding hydrogens is 150 g/mol. The molecule has 1 aliphatic heterocycles. The zero-order valence-electron chi connectivity index (χ0n) is 6.01. The van der Waals surface area contributed by atoms with Crippen LogP contribution in [0.15, 0.2) is 0 Å². The van der Waals surface area contributed by atoms with Gasteiger partial charge in [-0.2, -0.15) is 0 Å². The predicted molar refractivity (Wildman–Crippen MR) is 36.9 cm³/mol. The second-order valence-corrected chi connectivity index (χ2v) is 2.72. The summed E-state index contributed by atoms with van der Waals surface area (Å²) in [5.41, 5.74) is 0. The Morgan fingerprint density at radius 1 is 1.36 bits per heavy atom. The maximum absolute atomic E-state index is 9.18. The van der Waals surface area contributed by atoms with Crippen molar-refractivity contribution in [1.29, 1.82) is 0 Å². The summed E-state index contributed by atoms with van der Waals surface area (Å²) in [6.07, 6.45) is -1.71. The van der Waals surface area contributed by atoms with Gasteiger partial charge in [0.1, 0.15) is 0 Å². The average molecular weight is 163 g/mol. The molecular formula is C6H13NO4.